The minimum Gasteiger partial charge on any atom is -0.522 e. The Morgan fingerprint density at radius 3 is 2.53 bits per heavy atom. The van der Waals surface area contributed by atoms with Crippen LogP contribution in [0.25, 0.3) is 0 Å². The van der Waals surface area contributed by atoms with E-state index < -0.39 is 17.7 Å². The maximum Gasteiger partial charge on any atom is 0.407 e. The summed E-state index contributed by atoms with van der Waals surface area (Å²) in [5, 5.41) is 11.7. The van der Waals surface area contributed by atoms with E-state index in [2.05, 4.69) is 59.6 Å². The number of anilines is 6. The average Bonchev–Trinajstić information content (AvgIpc) is 3.09. The minimum absolute atomic E-state index is 0. The fraction of sp³-hybridized carbons (Fsp3) is 0.353. The van der Waals surface area contributed by atoms with Gasteiger partial charge in [-0.15, -0.1) is 6.07 Å². The van der Waals surface area contributed by atoms with Crippen LogP contribution >= 0.6 is 11.6 Å². The first-order valence-electron chi connectivity index (χ1n) is 15.6. The van der Waals surface area contributed by atoms with Crippen molar-refractivity contribution in [3.05, 3.63) is 60.4 Å². The van der Waals surface area contributed by atoms with Crippen LogP contribution in [0.5, 0.6) is 11.5 Å². The fourth-order valence-corrected chi connectivity index (χ4v) is 4.95. The van der Waals surface area contributed by atoms with Gasteiger partial charge in [0.2, 0.25) is 5.91 Å². The van der Waals surface area contributed by atoms with Crippen LogP contribution in [0.15, 0.2) is 49.3 Å². The summed E-state index contributed by atoms with van der Waals surface area (Å²) in [4.78, 5) is 49.5. The number of carbonyl (C=O) groups is 3. The van der Waals surface area contributed by atoms with E-state index in [0.717, 1.165) is 18.8 Å². The largest absolute Gasteiger partial charge is 0.522 e. The molecule has 0 aliphatic carbocycles. The van der Waals surface area contributed by atoms with Crippen molar-refractivity contribution < 1.29 is 74.9 Å². The van der Waals surface area contributed by atoms with Crippen LogP contribution in [0.3, 0.4) is 0 Å². The van der Waals surface area contributed by atoms with Gasteiger partial charge in [0, 0.05) is 72.0 Å². The van der Waals surface area contributed by atoms with Crippen molar-refractivity contribution in [1.82, 2.24) is 15.3 Å². The van der Waals surface area contributed by atoms with Gasteiger partial charge >= 0.3 is 12.1 Å². The van der Waals surface area contributed by atoms with Crippen molar-refractivity contribution in [2.24, 2.45) is 0 Å². The van der Waals surface area contributed by atoms with Crippen LogP contribution in [0.4, 0.5) is 44.0 Å². The third-order valence-electron chi connectivity index (χ3n) is 7.28. The number of alkyl carbamates (subject to hydrolysis) is 1. The number of amides is 4. The van der Waals surface area contributed by atoms with Crippen molar-refractivity contribution in [3.8, 4) is 11.5 Å². The topological polar surface area (TPSA) is 162 Å². The normalized spacial score (nSPS) is 12.4. The van der Waals surface area contributed by atoms with E-state index in [4.69, 9.17) is 25.8 Å². The molecule has 0 unspecified atom stereocenters. The molecular weight excluding hydrogens is 806 g/mol. The quantitative estimate of drug-likeness (QED) is 0.112. The van der Waals surface area contributed by atoms with Crippen molar-refractivity contribution in [1.29, 1.82) is 0 Å². The van der Waals surface area contributed by atoms with Crippen LogP contribution < -0.4 is 40.5 Å². The molecular formula is C34H42CeClN9O6. The Bertz CT molecular complexity index is 1770. The predicted octanol–water partition coefficient (Wildman–Crippen LogP) is 4.91. The van der Waals surface area contributed by atoms with Gasteiger partial charge in [0.05, 0.1) is 45.2 Å². The molecule has 1 aliphatic heterocycles. The number of nitrogens with zero attached hydrogens (tertiary/aromatic N) is 5. The standard InChI is InChI=1S/C34H42ClN9O6.Ce/c1-8-30(45)40-25-17-22(44-15-13-43(14-16-44)12-11-36-33(47)50-34(2,3)4)9-10-24(25)39-28-20-29(38-21-37-28)42(5)32(46)41-26-18-23(48-6)19-27(49-7)31(26)35;/h8-10,13,17,19-21H,1,11-12,14-16H2,2-7H3,(H,36,47)(H,40,45)(H,41,46)(H,37,38,39);. The SMILES string of the molecule is C=CC(=O)Nc1cc(N2CC=[N+](CCNC(=O)OC(C)(C)C)CC2)ccc1Nc1cc(N(C)C(=O)Nc2[c-]c(OC)cc(OC)c2Cl)ncn1.[Ce]. The molecule has 15 nitrogen and oxygen atoms in total. The molecule has 4 rings (SSSR count). The predicted molar refractivity (Wildman–Crippen MR) is 194 cm³/mol. The second-order valence-electron chi connectivity index (χ2n) is 12.0. The van der Waals surface area contributed by atoms with Gasteiger partial charge in [0.15, 0.2) is 19.3 Å². The second-order valence-corrected chi connectivity index (χ2v) is 12.4. The van der Waals surface area contributed by atoms with Gasteiger partial charge in [-0.3, -0.25) is 9.69 Å². The molecule has 3 aromatic rings. The van der Waals surface area contributed by atoms with Crippen LogP contribution in [-0.4, -0.2) is 98.4 Å². The molecule has 2 heterocycles. The molecule has 1 aromatic heterocycles. The molecule has 17 heteroatoms. The minimum atomic E-state index is -0.553. The number of halogens is 1. The number of ether oxygens (including phenoxy) is 3. The Morgan fingerprint density at radius 2 is 1.88 bits per heavy atom. The van der Waals surface area contributed by atoms with E-state index >= 15 is 0 Å². The number of hydrogen-bond acceptors (Lipinski definition) is 10. The molecule has 270 valence electrons. The Hall–Kier alpha value is -4.19. The Morgan fingerprint density at radius 1 is 1.12 bits per heavy atom. The van der Waals surface area contributed by atoms with Gasteiger partial charge in [-0.25, -0.2) is 24.1 Å². The first-order valence-corrected chi connectivity index (χ1v) is 16.0. The third kappa shape index (κ3) is 11.9. The monoisotopic (exact) mass is 847 g/mol. The van der Waals surface area contributed by atoms with Crippen molar-refractivity contribution in [2.45, 2.75) is 26.4 Å². The molecule has 4 amide bonds. The van der Waals surface area contributed by atoms with E-state index in [1.165, 1.54) is 38.6 Å². The van der Waals surface area contributed by atoms with Gasteiger partial charge in [-0.1, -0.05) is 12.6 Å². The van der Waals surface area contributed by atoms with Crippen molar-refractivity contribution >= 4 is 70.2 Å². The van der Waals surface area contributed by atoms with Crippen LogP contribution in [0.1, 0.15) is 20.8 Å². The average molecular weight is 848 g/mol. The van der Waals surface area contributed by atoms with Gasteiger partial charge in [-0.2, -0.15) is 11.6 Å². The molecule has 0 saturated carbocycles. The molecule has 0 saturated heterocycles. The van der Waals surface area contributed by atoms with Crippen LogP contribution in [0.2, 0.25) is 5.02 Å². The van der Waals surface area contributed by atoms with Crippen LogP contribution in [0, 0.1) is 47.8 Å². The number of benzene rings is 2. The summed E-state index contributed by atoms with van der Waals surface area (Å²) in [6, 6.07) is 11.1. The van der Waals surface area contributed by atoms with Crippen molar-refractivity contribution in [3.63, 3.8) is 0 Å². The molecule has 0 atom stereocenters. The van der Waals surface area contributed by atoms with E-state index in [0.29, 0.717) is 48.3 Å². The molecule has 0 spiro atoms. The number of rotatable bonds is 12. The maximum absolute atomic E-state index is 13.2. The zero-order chi connectivity index (χ0) is 36.4. The summed E-state index contributed by atoms with van der Waals surface area (Å²) < 4.78 is 17.9. The summed E-state index contributed by atoms with van der Waals surface area (Å²) in [5.41, 5.74) is 1.57. The molecule has 2 aromatic carbocycles. The smallest absolute Gasteiger partial charge is 0.407 e. The molecule has 51 heavy (non-hydrogen) atoms. The zero-order valence-electron chi connectivity index (χ0n) is 29.4. The fourth-order valence-electron chi connectivity index (χ4n) is 4.72. The van der Waals surface area contributed by atoms with Gasteiger partial charge in [0.25, 0.3) is 0 Å². The van der Waals surface area contributed by atoms with Crippen LogP contribution in [-0.2, 0) is 9.53 Å². The number of nitrogens with one attached hydrogen (secondary N) is 4. The summed E-state index contributed by atoms with van der Waals surface area (Å²) in [7, 11) is 4.45. The summed E-state index contributed by atoms with van der Waals surface area (Å²) in [6.45, 7) is 12.2. The summed E-state index contributed by atoms with van der Waals surface area (Å²) in [6.07, 6.45) is 4.13. The van der Waals surface area contributed by atoms with Gasteiger partial charge in [-0.05, 0) is 55.8 Å². The van der Waals surface area contributed by atoms with Gasteiger partial charge < -0.3 is 40.4 Å². The van der Waals surface area contributed by atoms with Crippen molar-refractivity contribution in [2.75, 3.05) is 79.7 Å². The third-order valence-corrected chi connectivity index (χ3v) is 7.65. The molecule has 4 N–H and O–H groups in total. The van der Waals surface area contributed by atoms with E-state index in [1.807, 2.05) is 39.0 Å². The second kappa shape index (κ2) is 18.9. The maximum atomic E-state index is 13.2. The number of carbonyl (C=O) groups excluding carboxylic acids is 3. The Balaban J connectivity index is 0.00000702. The van der Waals surface area contributed by atoms with E-state index in [9.17, 15) is 14.4 Å². The number of aromatic nitrogens is 2. The summed E-state index contributed by atoms with van der Waals surface area (Å²) >= 11 is 6.38. The Labute approximate surface area is 336 Å². The Kier molecular flexibility index (Phi) is 15.3. The molecule has 1 aliphatic rings. The number of methoxy groups -OCH3 is 2. The van der Waals surface area contributed by atoms with Gasteiger partial charge in [0.1, 0.15) is 23.6 Å². The number of hydrogen-bond donors (Lipinski definition) is 4. The van der Waals surface area contributed by atoms with E-state index in [-0.39, 0.29) is 64.2 Å². The first kappa shape index (κ1) is 41.2. The van der Waals surface area contributed by atoms with E-state index in [1.54, 1.807) is 12.1 Å². The molecule has 0 fully saturated rings. The summed E-state index contributed by atoms with van der Waals surface area (Å²) in [5.74, 6) is 0.890. The molecule has 0 radical (unpaired) electrons. The zero-order valence-corrected chi connectivity index (χ0v) is 33.3. The first-order chi connectivity index (χ1) is 23.8. The molecule has 0 bridgehead atoms. The number of urea groups is 1.